The minimum Gasteiger partial charge on any atom is -0.396 e. The van der Waals surface area contributed by atoms with E-state index in [4.69, 9.17) is 5.11 Å². The number of hydrogen-bond acceptors (Lipinski definition) is 3. The van der Waals surface area contributed by atoms with Gasteiger partial charge < -0.3 is 15.3 Å². The molecule has 1 saturated carbocycles. The third kappa shape index (κ3) is 4.44. The molecule has 19 heavy (non-hydrogen) atoms. The first-order valence-electron chi connectivity index (χ1n) is 8.28. The summed E-state index contributed by atoms with van der Waals surface area (Å²) in [5, 5.41) is 12.8. The molecule has 2 rings (SSSR count). The SMILES string of the molecule is CCC(CC)(CNC1CC1)CN1CCC(CCO)C1. The van der Waals surface area contributed by atoms with Gasteiger partial charge in [0, 0.05) is 32.3 Å². The molecule has 2 aliphatic rings. The minimum absolute atomic E-state index is 0.356. The summed E-state index contributed by atoms with van der Waals surface area (Å²) < 4.78 is 0. The standard InChI is InChI=1S/C16H32N2O/c1-3-16(4-2,12-17-15-5-6-15)13-18-9-7-14(11-18)8-10-19/h14-15,17,19H,3-13H2,1-2H3. The maximum absolute atomic E-state index is 9.06. The number of nitrogens with one attached hydrogen (secondary N) is 1. The van der Waals surface area contributed by atoms with E-state index in [0.29, 0.717) is 12.0 Å². The molecule has 1 saturated heterocycles. The van der Waals surface area contributed by atoms with Crippen LogP contribution in [0.5, 0.6) is 0 Å². The lowest BCUT2D eigenvalue weighted by molar-refractivity contribution is 0.148. The summed E-state index contributed by atoms with van der Waals surface area (Å²) in [4.78, 5) is 2.64. The molecule has 0 aromatic rings. The highest BCUT2D eigenvalue weighted by Gasteiger charge is 2.33. The Morgan fingerprint density at radius 1 is 1.21 bits per heavy atom. The van der Waals surface area contributed by atoms with Crippen molar-refractivity contribution in [3.8, 4) is 0 Å². The topological polar surface area (TPSA) is 35.5 Å². The van der Waals surface area contributed by atoms with Crippen molar-refractivity contribution in [1.82, 2.24) is 10.2 Å². The molecule has 1 atom stereocenters. The van der Waals surface area contributed by atoms with Crippen LogP contribution in [0.2, 0.25) is 0 Å². The van der Waals surface area contributed by atoms with Crippen LogP contribution in [0.15, 0.2) is 0 Å². The second-order valence-corrected chi connectivity index (χ2v) is 6.76. The molecule has 0 radical (unpaired) electrons. The summed E-state index contributed by atoms with van der Waals surface area (Å²) in [7, 11) is 0. The number of hydrogen-bond donors (Lipinski definition) is 2. The quantitative estimate of drug-likeness (QED) is 0.673. The van der Waals surface area contributed by atoms with Gasteiger partial charge in [-0.1, -0.05) is 13.8 Å². The molecule has 2 N–H and O–H groups in total. The van der Waals surface area contributed by atoms with E-state index in [1.807, 2.05) is 0 Å². The van der Waals surface area contributed by atoms with Crippen molar-refractivity contribution in [3.05, 3.63) is 0 Å². The molecule has 1 heterocycles. The second-order valence-electron chi connectivity index (χ2n) is 6.76. The van der Waals surface area contributed by atoms with Crippen LogP contribution in [-0.2, 0) is 0 Å². The van der Waals surface area contributed by atoms with Gasteiger partial charge in [0.05, 0.1) is 0 Å². The van der Waals surface area contributed by atoms with Crippen LogP contribution in [-0.4, -0.2) is 48.8 Å². The summed E-state index contributed by atoms with van der Waals surface area (Å²) in [6.45, 7) is 9.90. The van der Waals surface area contributed by atoms with E-state index < -0.39 is 0 Å². The smallest absolute Gasteiger partial charge is 0.0434 e. The van der Waals surface area contributed by atoms with Gasteiger partial charge in [0.1, 0.15) is 0 Å². The molecule has 0 aromatic heterocycles. The maximum atomic E-state index is 9.06. The maximum Gasteiger partial charge on any atom is 0.0434 e. The average molecular weight is 268 g/mol. The lowest BCUT2D eigenvalue weighted by Gasteiger charge is -2.36. The fourth-order valence-electron chi connectivity index (χ4n) is 3.38. The normalized spacial score (nSPS) is 25.1. The Hall–Kier alpha value is -0.120. The van der Waals surface area contributed by atoms with Gasteiger partial charge in [0.2, 0.25) is 0 Å². The second kappa shape index (κ2) is 7.05. The van der Waals surface area contributed by atoms with Crippen molar-refractivity contribution >= 4 is 0 Å². The van der Waals surface area contributed by atoms with Crippen LogP contribution in [0.3, 0.4) is 0 Å². The summed E-state index contributed by atoms with van der Waals surface area (Å²) >= 11 is 0. The molecule has 0 aromatic carbocycles. The lowest BCUT2D eigenvalue weighted by Crippen LogP contribution is -2.43. The Labute approximate surface area is 118 Å². The van der Waals surface area contributed by atoms with Crippen LogP contribution >= 0.6 is 0 Å². The predicted molar refractivity (Wildman–Crippen MR) is 80.3 cm³/mol. The Kier molecular flexibility index (Phi) is 5.67. The third-order valence-electron chi connectivity index (χ3n) is 5.31. The van der Waals surface area contributed by atoms with Crippen molar-refractivity contribution < 1.29 is 5.11 Å². The molecule has 1 aliphatic heterocycles. The van der Waals surface area contributed by atoms with Crippen molar-refractivity contribution in [2.45, 2.75) is 58.4 Å². The number of aliphatic hydroxyl groups is 1. The van der Waals surface area contributed by atoms with E-state index in [9.17, 15) is 0 Å². The van der Waals surface area contributed by atoms with Crippen LogP contribution in [0.4, 0.5) is 0 Å². The van der Waals surface area contributed by atoms with Crippen LogP contribution in [0.1, 0.15) is 52.4 Å². The van der Waals surface area contributed by atoms with E-state index in [2.05, 4.69) is 24.1 Å². The summed E-state index contributed by atoms with van der Waals surface area (Å²) in [5.74, 6) is 0.729. The van der Waals surface area contributed by atoms with E-state index >= 15 is 0 Å². The van der Waals surface area contributed by atoms with Gasteiger partial charge in [-0.2, -0.15) is 0 Å². The molecule has 0 bridgehead atoms. The van der Waals surface area contributed by atoms with Gasteiger partial charge in [-0.25, -0.2) is 0 Å². The number of rotatable bonds is 9. The summed E-state index contributed by atoms with van der Waals surface area (Å²) in [6.07, 6.45) is 7.56. The van der Waals surface area contributed by atoms with E-state index in [-0.39, 0.29) is 0 Å². The fraction of sp³-hybridized carbons (Fsp3) is 1.00. The zero-order chi connectivity index (χ0) is 13.7. The molecule has 3 heteroatoms. The highest BCUT2D eigenvalue weighted by atomic mass is 16.3. The zero-order valence-electron chi connectivity index (χ0n) is 12.8. The monoisotopic (exact) mass is 268 g/mol. The van der Waals surface area contributed by atoms with Gasteiger partial charge in [-0.15, -0.1) is 0 Å². The highest BCUT2D eigenvalue weighted by Crippen LogP contribution is 2.31. The Bertz CT molecular complexity index is 261. The zero-order valence-corrected chi connectivity index (χ0v) is 12.8. The van der Waals surface area contributed by atoms with Crippen LogP contribution in [0, 0.1) is 11.3 Å². The van der Waals surface area contributed by atoms with Gasteiger partial charge in [-0.05, 0) is 56.4 Å². The van der Waals surface area contributed by atoms with Crippen LogP contribution in [0.25, 0.3) is 0 Å². The van der Waals surface area contributed by atoms with E-state index in [1.165, 1.54) is 58.3 Å². The first-order chi connectivity index (χ1) is 9.21. The van der Waals surface area contributed by atoms with Crippen molar-refractivity contribution in [1.29, 1.82) is 0 Å². The van der Waals surface area contributed by atoms with Crippen LogP contribution < -0.4 is 5.32 Å². The number of aliphatic hydroxyl groups excluding tert-OH is 1. The summed E-state index contributed by atoms with van der Waals surface area (Å²) in [6, 6.07) is 0.818. The molecular weight excluding hydrogens is 236 g/mol. The molecule has 1 unspecified atom stereocenters. The molecule has 3 nitrogen and oxygen atoms in total. The molecular formula is C16H32N2O. The first kappa shape index (κ1) is 15.3. The van der Waals surface area contributed by atoms with Gasteiger partial charge in [0.25, 0.3) is 0 Å². The lowest BCUT2D eigenvalue weighted by atomic mass is 9.81. The van der Waals surface area contributed by atoms with Crippen molar-refractivity contribution in [2.24, 2.45) is 11.3 Å². The number of likely N-dealkylation sites (tertiary alicyclic amines) is 1. The van der Waals surface area contributed by atoms with E-state index in [0.717, 1.165) is 18.4 Å². The largest absolute Gasteiger partial charge is 0.396 e. The van der Waals surface area contributed by atoms with Gasteiger partial charge in [0.15, 0.2) is 0 Å². The van der Waals surface area contributed by atoms with E-state index in [1.54, 1.807) is 0 Å². The van der Waals surface area contributed by atoms with Crippen molar-refractivity contribution in [3.63, 3.8) is 0 Å². The Morgan fingerprint density at radius 2 is 1.95 bits per heavy atom. The van der Waals surface area contributed by atoms with Gasteiger partial charge in [-0.3, -0.25) is 0 Å². The third-order valence-corrected chi connectivity index (χ3v) is 5.31. The predicted octanol–water partition coefficient (Wildman–Crippen LogP) is 2.25. The summed E-state index contributed by atoms with van der Waals surface area (Å²) in [5.41, 5.74) is 0.455. The molecule has 1 aliphatic carbocycles. The Balaban J connectivity index is 1.81. The Morgan fingerprint density at radius 3 is 2.53 bits per heavy atom. The first-order valence-corrected chi connectivity index (χ1v) is 8.28. The molecule has 0 spiro atoms. The minimum atomic E-state index is 0.356. The molecule has 0 amide bonds. The highest BCUT2D eigenvalue weighted by molar-refractivity contribution is 4.90. The fourth-order valence-corrected chi connectivity index (χ4v) is 3.38. The average Bonchev–Trinajstić information content (AvgIpc) is 3.16. The number of nitrogens with zero attached hydrogens (tertiary/aromatic N) is 1. The molecule has 2 fully saturated rings. The van der Waals surface area contributed by atoms with Crippen molar-refractivity contribution in [2.75, 3.05) is 32.8 Å². The van der Waals surface area contributed by atoms with Gasteiger partial charge >= 0.3 is 0 Å². The molecule has 112 valence electrons.